The van der Waals surface area contributed by atoms with Gasteiger partial charge in [0.1, 0.15) is 0 Å². The summed E-state index contributed by atoms with van der Waals surface area (Å²) >= 11 is 4.98. The molecule has 3 aromatic rings. The Hall–Kier alpha value is -1.43. The van der Waals surface area contributed by atoms with Crippen LogP contribution in [0.3, 0.4) is 0 Å². The minimum atomic E-state index is -3.00. The number of hydrogen-bond donors (Lipinski definition) is 0. The quantitative estimate of drug-likeness (QED) is 0.0392. The number of aryl methyl sites for hydroxylation is 1. The normalized spacial score (nSPS) is 12.5. The maximum absolute atomic E-state index is 4.98. The van der Waals surface area contributed by atoms with E-state index in [1.807, 2.05) is 0 Å². The van der Waals surface area contributed by atoms with Gasteiger partial charge in [0.05, 0.1) is 0 Å². The first-order valence-electron chi connectivity index (χ1n) is 27.5. The Kier molecular flexibility index (Phi) is 31.7. The predicted molar refractivity (Wildman–Crippen MR) is 290 cm³/mol. The second-order valence-corrected chi connectivity index (χ2v) is 28.7. The van der Waals surface area contributed by atoms with Crippen molar-refractivity contribution in [2.24, 2.45) is 0 Å². The minimum absolute atomic E-state index is 1.20. The van der Waals surface area contributed by atoms with E-state index in [0.29, 0.717) is 0 Å². The number of halogens is 1. The van der Waals surface area contributed by atoms with Gasteiger partial charge >= 0.3 is 325 Å². The van der Waals surface area contributed by atoms with Gasteiger partial charge in [0.25, 0.3) is 0 Å². The van der Waals surface area contributed by atoms with Crippen LogP contribution in [0, 0.1) is 0 Å². The Morgan fingerprint density at radius 1 is 0.306 bits per heavy atom. The smallest absolute Gasteiger partial charge is 0.0654 e. The molecule has 0 radical (unpaired) electrons. The first-order valence-corrected chi connectivity index (χ1v) is 32.0. The molecule has 0 saturated carbocycles. The van der Waals surface area contributed by atoms with Crippen LogP contribution in [0.4, 0.5) is 0 Å². The zero-order chi connectivity index (χ0) is 44.1. The van der Waals surface area contributed by atoms with E-state index in [0.717, 1.165) is 0 Å². The molecule has 0 spiro atoms. The molecule has 0 amide bonds. The summed E-state index contributed by atoms with van der Waals surface area (Å²) in [5.41, 5.74) is 3.34. The van der Waals surface area contributed by atoms with Gasteiger partial charge in [-0.05, 0) is 0 Å². The molecular weight excluding hydrogens is 832 g/mol. The van der Waals surface area contributed by atoms with E-state index >= 15 is 0 Å². The van der Waals surface area contributed by atoms with Crippen LogP contribution in [0.2, 0.25) is 0 Å². The number of hydrogen-bond acceptors (Lipinski definition) is 0. The Morgan fingerprint density at radius 2 is 0.613 bits per heavy atom. The molecule has 0 saturated heterocycles. The summed E-state index contributed by atoms with van der Waals surface area (Å²) in [6.45, 7) is 6.97. The van der Waals surface area contributed by atoms with Gasteiger partial charge in [0.2, 0.25) is 0 Å². The molecule has 3 rings (SSSR count). The van der Waals surface area contributed by atoms with Crippen molar-refractivity contribution in [3.05, 3.63) is 90.0 Å². The summed E-state index contributed by atoms with van der Waals surface area (Å²) in [5.74, 6) is 0. The molecule has 0 aromatic heterocycles. The summed E-state index contributed by atoms with van der Waals surface area (Å²) < 4.78 is 0. The van der Waals surface area contributed by atoms with Gasteiger partial charge in [0.15, 0.2) is 0 Å². The second kappa shape index (κ2) is 35.8. The number of benzene rings is 3. The van der Waals surface area contributed by atoms with E-state index in [9.17, 15) is 0 Å². The molecule has 2 heteroatoms. The Morgan fingerprint density at radius 3 is 0.968 bits per heavy atom. The van der Waals surface area contributed by atoms with Crippen LogP contribution < -0.4 is 15.9 Å². The third-order valence-corrected chi connectivity index (χ3v) is 24.3. The minimum Gasteiger partial charge on any atom is -0.0654 e. The molecule has 0 atom stereocenters. The second-order valence-electron chi connectivity index (χ2n) is 19.7. The van der Waals surface area contributed by atoms with Crippen molar-refractivity contribution in [2.45, 2.75) is 265 Å². The van der Waals surface area contributed by atoms with Crippen molar-refractivity contribution in [1.29, 1.82) is 0 Å². The van der Waals surface area contributed by atoms with Crippen LogP contribution in [0.5, 0.6) is 0 Å². The fourth-order valence-electron chi connectivity index (χ4n) is 10.4. The van der Waals surface area contributed by atoms with Crippen molar-refractivity contribution in [3.63, 3.8) is 0 Å². The summed E-state index contributed by atoms with van der Waals surface area (Å²) in [6.07, 6.45) is 54.1. The van der Waals surface area contributed by atoms with Crippen molar-refractivity contribution in [2.75, 3.05) is 6.16 Å². The van der Waals surface area contributed by atoms with Gasteiger partial charge in [-0.3, -0.25) is 0 Å². The molecule has 0 aliphatic rings. The first kappa shape index (κ1) is 54.9. The average molecular weight is 932 g/mol. The van der Waals surface area contributed by atoms with Gasteiger partial charge in [-0.2, -0.15) is 0 Å². The van der Waals surface area contributed by atoms with E-state index in [1.165, 1.54) is 261 Å². The fraction of sp³-hybridized carbons (Fsp3) is 0.700. The first-order chi connectivity index (χ1) is 30.6. The van der Waals surface area contributed by atoms with Gasteiger partial charge < -0.3 is 0 Å². The van der Waals surface area contributed by atoms with Crippen molar-refractivity contribution in [3.8, 4) is 0 Å². The summed E-state index contributed by atoms with van der Waals surface area (Å²) in [4.78, 5) is 0. The van der Waals surface area contributed by atoms with E-state index < -0.39 is 5.31 Å². The molecule has 0 heterocycles. The van der Waals surface area contributed by atoms with Gasteiger partial charge in [-0.15, -0.1) is 0 Å². The van der Waals surface area contributed by atoms with Gasteiger partial charge in [-0.25, -0.2) is 0 Å². The summed E-state index contributed by atoms with van der Waals surface area (Å²) in [6, 6.07) is 31.2. The number of unbranched alkanes of at least 4 members (excludes halogenated alkanes) is 33. The van der Waals surface area contributed by atoms with Crippen molar-refractivity contribution < 1.29 is 0 Å². The average Bonchev–Trinajstić information content (AvgIpc) is 3.31. The van der Waals surface area contributed by atoms with Gasteiger partial charge in [0, 0.05) is 0 Å². The van der Waals surface area contributed by atoms with Crippen molar-refractivity contribution in [1.82, 2.24) is 0 Å². The third-order valence-electron chi connectivity index (χ3n) is 14.4. The van der Waals surface area contributed by atoms with Crippen molar-refractivity contribution >= 4 is 36.7 Å². The molecule has 0 aliphatic heterocycles. The standard InChI is InChI=1S/C60H100BrP/c1-4-7-10-13-16-19-21-23-24-25-26-28-30-33-36-45-55-62(61,57-49-40-37-41-50-57,58-51-42-38-43-52-58)60-54-46-48-56(47-39-34-31-18-15-12-9-6-3)59(60)53-44-35-32-29-27-22-20-17-14-11-8-5-2/h37-38,40-43,46,48-52,54H,4-36,39,44-45,47,53,55H2,1-3H3. The molecular formula is C60H100BrP. The zero-order valence-electron chi connectivity index (χ0n) is 41.4. The molecule has 3 aromatic carbocycles. The Labute approximate surface area is 395 Å². The number of rotatable bonds is 42. The van der Waals surface area contributed by atoms with Crippen LogP contribution in [0.1, 0.15) is 263 Å². The van der Waals surface area contributed by atoms with E-state index in [2.05, 4.69) is 99.6 Å². The SMILES string of the molecule is CCCCCCCCCCCCCCCCCCP(Br)(c1ccccc1)(c1ccccc1)c1cccc(CCCCCCCCCC)c1CCCCCCCCCCCCCC. The predicted octanol–water partition coefficient (Wildman–Crippen LogP) is 20.0. The van der Waals surface area contributed by atoms with Crippen LogP contribution in [0.25, 0.3) is 0 Å². The Balaban J connectivity index is 1.74. The van der Waals surface area contributed by atoms with Crippen LogP contribution in [-0.4, -0.2) is 6.16 Å². The van der Waals surface area contributed by atoms with E-state index in [1.54, 1.807) is 16.4 Å². The topological polar surface area (TPSA) is 0 Å². The fourth-order valence-corrected chi connectivity index (χ4v) is 18.8. The monoisotopic (exact) mass is 931 g/mol. The molecule has 62 heavy (non-hydrogen) atoms. The van der Waals surface area contributed by atoms with E-state index in [4.69, 9.17) is 15.5 Å². The third kappa shape index (κ3) is 20.8. The zero-order valence-corrected chi connectivity index (χ0v) is 43.9. The summed E-state index contributed by atoms with van der Waals surface area (Å²) in [7, 11) is 0. The van der Waals surface area contributed by atoms with E-state index in [-0.39, 0.29) is 0 Å². The molecule has 352 valence electrons. The molecule has 0 aliphatic carbocycles. The summed E-state index contributed by atoms with van der Waals surface area (Å²) in [5, 5.41) is 1.68. The van der Waals surface area contributed by atoms with Crippen LogP contribution in [0.15, 0.2) is 78.9 Å². The molecule has 0 N–H and O–H groups in total. The van der Waals surface area contributed by atoms with Crippen LogP contribution >= 0.6 is 20.8 Å². The molecule has 0 bridgehead atoms. The Bertz CT molecular complexity index is 1410. The maximum atomic E-state index is 4.98. The molecule has 0 unspecified atom stereocenters. The van der Waals surface area contributed by atoms with Crippen LogP contribution in [-0.2, 0) is 12.8 Å². The molecule has 0 fully saturated rings. The molecule has 0 nitrogen and oxygen atoms in total. The van der Waals surface area contributed by atoms with Gasteiger partial charge in [-0.1, -0.05) is 72.1 Å².